The van der Waals surface area contributed by atoms with Gasteiger partial charge >= 0.3 is 5.97 Å². The normalized spacial score (nSPS) is 12.3. The Morgan fingerprint density at radius 1 is 1.43 bits per heavy atom. The number of ether oxygens (including phenoxy) is 1. The number of carboxylic acid groups (broad SMARTS) is 1. The van der Waals surface area contributed by atoms with Crippen molar-refractivity contribution in [3.8, 4) is 0 Å². The molecule has 0 saturated heterocycles. The fourth-order valence-corrected chi connectivity index (χ4v) is 2.17. The molecular formula is C15H18N2O4. The molecule has 0 aliphatic heterocycles. The van der Waals surface area contributed by atoms with Gasteiger partial charge in [-0.2, -0.15) is 0 Å². The first-order chi connectivity index (χ1) is 10.2. The number of pyridine rings is 1. The van der Waals surface area contributed by atoms with Crippen molar-refractivity contribution in [2.24, 2.45) is 0 Å². The Hall–Kier alpha value is -2.18. The quantitative estimate of drug-likeness (QED) is 0.719. The highest BCUT2D eigenvalue weighted by molar-refractivity contribution is 5.97. The second kappa shape index (κ2) is 7.01. The molecule has 2 aromatic rings. The zero-order valence-corrected chi connectivity index (χ0v) is 11.7. The SMILES string of the molecule is COCC(CCO)Nc1nc(C(=O)O)cc2ccccc12. The Morgan fingerprint density at radius 2 is 2.19 bits per heavy atom. The van der Waals surface area contributed by atoms with Gasteiger partial charge in [-0.15, -0.1) is 0 Å². The summed E-state index contributed by atoms with van der Waals surface area (Å²) in [4.78, 5) is 15.3. The van der Waals surface area contributed by atoms with Crippen LogP contribution in [0.4, 0.5) is 5.82 Å². The van der Waals surface area contributed by atoms with E-state index >= 15 is 0 Å². The van der Waals surface area contributed by atoms with Gasteiger partial charge < -0.3 is 20.3 Å². The van der Waals surface area contributed by atoms with Crippen LogP contribution in [-0.4, -0.2) is 47.5 Å². The Bertz CT molecular complexity index is 624. The van der Waals surface area contributed by atoms with E-state index in [4.69, 9.17) is 14.9 Å². The van der Waals surface area contributed by atoms with Crippen LogP contribution in [0.2, 0.25) is 0 Å². The number of carbonyl (C=O) groups is 1. The Kier molecular flexibility index (Phi) is 5.08. The lowest BCUT2D eigenvalue weighted by atomic mass is 10.1. The molecule has 0 bridgehead atoms. The summed E-state index contributed by atoms with van der Waals surface area (Å²) in [6.45, 7) is 0.408. The summed E-state index contributed by atoms with van der Waals surface area (Å²) < 4.78 is 5.10. The molecule has 3 N–H and O–H groups in total. The molecule has 0 fully saturated rings. The standard InChI is InChI=1S/C15H18N2O4/c1-21-9-11(6-7-18)16-14-12-5-3-2-4-10(12)8-13(17-14)15(19)20/h2-5,8,11,18H,6-7,9H2,1H3,(H,16,17)(H,19,20). The Labute approximate surface area is 122 Å². The van der Waals surface area contributed by atoms with E-state index in [1.54, 1.807) is 13.2 Å². The van der Waals surface area contributed by atoms with Gasteiger partial charge in [-0.05, 0) is 17.9 Å². The maximum absolute atomic E-state index is 11.2. The van der Waals surface area contributed by atoms with Crippen molar-refractivity contribution in [2.45, 2.75) is 12.5 Å². The molecule has 1 aromatic heterocycles. The van der Waals surface area contributed by atoms with Gasteiger partial charge in [0.2, 0.25) is 0 Å². The van der Waals surface area contributed by atoms with Crippen molar-refractivity contribution in [2.75, 3.05) is 25.6 Å². The molecule has 21 heavy (non-hydrogen) atoms. The Morgan fingerprint density at radius 3 is 2.86 bits per heavy atom. The number of fused-ring (bicyclic) bond motifs is 1. The maximum Gasteiger partial charge on any atom is 0.354 e. The molecule has 0 aliphatic carbocycles. The van der Waals surface area contributed by atoms with Crippen molar-refractivity contribution < 1.29 is 19.7 Å². The van der Waals surface area contributed by atoms with Crippen LogP contribution in [0.1, 0.15) is 16.9 Å². The minimum Gasteiger partial charge on any atom is -0.477 e. The number of benzene rings is 1. The molecule has 1 heterocycles. The lowest BCUT2D eigenvalue weighted by molar-refractivity contribution is 0.0691. The van der Waals surface area contributed by atoms with Gasteiger partial charge in [-0.1, -0.05) is 24.3 Å². The lowest BCUT2D eigenvalue weighted by Crippen LogP contribution is -2.27. The van der Waals surface area contributed by atoms with Crippen LogP contribution in [0.5, 0.6) is 0 Å². The molecule has 1 aromatic carbocycles. The number of aliphatic hydroxyl groups is 1. The monoisotopic (exact) mass is 290 g/mol. The summed E-state index contributed by atoms with van der Waals surface area (Å²) in [5.74, 6) is -0.588. The van der Waals surface area contributed by atoms with E-state index in [9.17, 15) is 4.79 Å². The highest BCUT2D eigenvalue weighted by atomic mass is 16.5. The van der Waals surface area contributed by atoms with E-state index in [0.29, 0.717) is 18.8 Å². The van der Waals surface area contributed by atoms with Gasteiger partial charge in [-0.3, -0.25) is 0 Å². The first-order valence-corrected chi connectivity index (χ1v) is 6.65. The molecular weight excluding hydrogens is 272 g/mol. The van der Waals surface area contributed by atoms with Gasteiger partial charge in [0.05, 0.1) is 12.6 Å². The van der Waals surface area contributed by atoms with Crippen LogP contribution >= 0.6 is 0 Å². The summed E-state index contributed by atoms with van der Waals surface area (Å²) >= 11 is 0. The highest BCUT2D eigenvalue weighted by Crippen LogP contribution is 2.23. The lowest BCUT2D eigenvalue weighted by Gasteiger charge is -2.19. The molecule has 112 valence electrons. The average Bonchev–Trinajstić information content (AvgIpc) is 2.47. The van der Waals surface area contributed by atoms with Gasteiger partial charge in [0.25, 0.3) is 0 Å². The van der Waals surface area contributed by atoms with E-state index in [0.717, 1.165) is 10.8 Å². The number of rotatable bonds is 7. The number of carboxylic acids is 1. The number of aliphatic hydroxyl groups excluding tert-OH is 1. The van der Waals surface area contributed by atoms with Crippen LogP contribution in [0, 0.1) is 0 Å². The van der Waals surface area contributed by atoms with Crippen LogP contribution < -0.4 is 5.32 Å². The number of hydrogen-bond donors (Lipinski definition) is 3. The van der Waals surface area contributed by atoms with Gasteiger partial charge in [0.15, 0.2) is 5.69 Å². The number of aromatic nitrogens is 1. The molecule has 6 heteroatoms. The number of nitrogens with zero attached hydrogens (tertiary/aromatic N) is 1. The molecule has 2 rings (SSSR count). The first-order valence-electron chi connectivity index (χ1n) is 6.65. The summed E-state index contributed by atoms with van der Waals surface area (Å²) in [5, 5.41) is 23.0. The molecule has 1 unspecified atom stereocenters. The number of methoxy groups -OCH3 is 1. The smallest absolute Gasteiger partial charge is 0.354 e. The van der Waals surface area contributed by atoms with E-state index < -0.39 is 5.97 Å². The van der Waals surface area contributed by atoms with Crippen LogP contribution in [0.25, 0.3) is 10.8 Å². The average molecular weight is 290 g/mol. The van der Waals surface area contributed by atoms with Gasteiger partial charge in [0, 0.05) is 19.1 Å². The molecule has 0 spiro atoms. The summed E-state index contributed by atoms with van der Waals surface area (Å²) in [5.41, 5.74) is -0.0173. The van der Waals surface area contributed by atoms with Crippen LogP contribution in [0.15, 0.2) is 30.3 Å². The van der Waals surface area contributed by atoms with Crippen molar-refractivity contribution in [3.05, 3.63) is 36.0 Å². The van der Waals surface area contributed by atoms with Crippen molar-refractivity contribution in [3.63, 3.8) is 0 Å². The second-order valence-electron chi connectivity index (χ2n) is 4.69. The highest BCUT2D eigenvalue weighted by Gasteiger charge is 2.14. The van der Waals surface area contributed by atoms with E-state index in [1.165, 1.54) is 0 Å². The third-order valence-electron chi connectivity index (χ3n) is 3.15. The van der Waals surface area contributed by atoms with E-state index in [2.05, 4.69) is 10.3 Å². The first kappa shape index (κ1) is 15.2. The van der Waals surface area contributed by atoms with Crippen molar-refractivity contribution >= 4 is 22.6 Å². The number of aromatic carboxylic acids is 1. The molecule has 6 nitrogen and oxygen atoms in total. The third-order valence-corrected chi connectivity index (χ3v) is 3.15. The molecule has 0 radical (unpaired) electrons. The number of nitrogens with one attached hydrogen (secondary N) is 1. The predicted octanol–water partition coefficient (Wildman–Crippen LogP) is 1.74. The predicted molar refractivity (Wildman–Crippen MR) is 79.7 cm³/mol. The fraction of sp³-hybridized carbons (Fsp3) is 0.333. The third kappa shape index (κ3) is 3.68. The minimum absolute atomic E-state index is 0.0115. The van der Waals surface area contributed by atoms with E-state index in [1.807, 2.05) is 24.3 Å². The van der Waals surface area contributed by atoms with Gasteiger partial charge in [-0.25, -0.2) is 9.78 Å². The topological polar surface area (TPSA) is 91.7 Å². The van der Waals surface area contributed by atoms with Crippen LogP contribution in [0.3, 0.4) is 0 Å². The van der Waals surface area contributed by atoms with Crippen LogP contribution in [-0.2, 0) is 4.74 Å². The zero-order valence-electron chi connectivity index (χ0n) is 11.7. The number of anilines is 1. The second-order valence-corrected chi connectivity index (χ2v) is 4.69. The molecule has 0 saturated carbocycles. The maximum atomic E-state index is 11.2. The summed E-state index contributed by atoms with van der Waals surface area (Å²) in [6.07, 6.45) is 0.487. The minimum atomic E-state index is -1.07. The summed E-state index contributed by atoms with van der Waals surface area (Å²) in [7, 11) is 1.57. The summed E-state index contributed by atoms with van der Waals surface area (Å²) in [6, 6.07) is 8.83. The van der Waals surface area contributed by atoms with Gasteiger partial charge in [0.1, 0.15) is 5.82 Å². The molecule has 0 aliphatic rings. The fourth-order valence-electron chi connectivity index (χ4n) is 2.17. The van der Waals surface area contributed by atoms with E-state index in [-0.39, 0.29) is 18.3 Å². The number of hydrogen-bond acceptors (Lipinski definition) is 5. The van der Waals surface area contributed by atoms with Crippen molar-refractivity contribution in [1.82, 2.24) is 4.98 Å². The molecule has 0 amide bonds. The Balaban J connectivity index is 2.42. The zero-order chi connectivity index (χ0) is 15.2. The molecule has 1 atom stereocenters. The van der Waals surface area contributed by atoms with Crippen molar-refractivity contribution in [1.29, 1.82) is 0 Å². The largest absolute Gasteiger partial charge is 0.477 e.